The van der Waals surface area contributed by atoms with Crippen LogP contribution in [0.15, 0.2) is 12.2 Å². The van der Waals surface area contributed by atoms with Gasteiger partial charge in [-0.15, -0.1) is 0 Å². The highest BCUT2D eigenvalue weighted by Gasteiger charge is 2.26. The van der Waals surface area contributed by atoms with Crippen molar-refractivity contribution in [3.63, 3.8) is 0 Å². The van der Waals surface area contributed by atoms with Crippen LogP contribution in [0.1, 0.15) is 33.6 Å². The highest BCUT2D eigenvalue weighted by atomic mass is 28.4. The maximum absolute atomic E-state index is 11.0. The first kappa shape index (κ1) is 17.3. The molecule has 4 nitrogen and oxygen atoms in total. The van der Waals surface area contributed by atoms with Crippen LogP contribution < -0.4 is 0 Å². The molecule has 0 rings (SSSR count). The monoisotopic (exact) mass is 274 g/mol. The summed E-state index contributed by atoms with van der Waals surface area (Å²) in [5.41, 5.74) is 0. The van der Waals surface area contributed by atoms with Crippen LogP contribution >= 0.6 is 0 Å². The second-order valence-corrected chi connectivity index (χ2v) is 7.90. The van der Waals surface area contributed by atoms with E-state index in [1.54, 1.807) is 13.0 Å². The van der Waals surface area contributed by atoms with Crippen LogP contribution in [-0.4, -0.2) is 33.8 Å². The van der Waals surface area contributed by atoms with Crippen LogP contribution in [0.3, 0.4) is 0 Å². The molecule has 1 atom stereocenters. The molecule has 0 aliphatic rings. The minimum absolute atomic E-state index is 0.138. The van der Waals surface area contributed by atoms with E-state index in [0.29, 0.717) is 13.2 Å². The van der Waals surface area contributed by atoms with E-state index < -0.39 is 8.56 Å². The van der Waals surface area contributed by atoms with Gasteiger partial charge in [0, 0.05) is 18.8 Å². The Balaban J connectivity index is 3.71. The molecule has 0 heterocycles. The van der Waals surface area contributed by atoms with Crippen LogP contribution in [0.4, 0.5) is 0 Å². The first-order chi connectivity index (χ1) is 8.41. The third-order valence-corrected chi connectivity index (χ3v) is 4.23. The standard InChI is InChI=1S/C13H26O4Si/c1-6-9-13(14)15-11-8-10-12(3)17-18(4,5)16-7-2/h6,9,12H,7-8,10-11H2,1-5H3. The molecule has 0 aromatic heterocycles. The summed E-state index contributed by atoms with van der Waals surface area (Å²) in [7, 11) is -1.98. The van der Waals surface area contributed by atoms with Crippen molar-refractivity contribution < 1.29 is 18.4 Å². The van der Waals surface area contributed by atoms with E-state index in [-0.39, 0.29) is 12.1 Å². The summed E-state index contributed by atoms with van der Waals surface area (Å²) in [5.74, 6) is -0.282. The predicted octanol–water partition coefficient (Wildman–Crippen LogP) is 3.03. The molecule has 0 saturated heterocycles. The van der Waals surface area contributed by atoms with Gasteiger partial charge < -0.3 is 13.6 Å². The third kappa shape index (κ3) is 9.38. The molecule has 0 aromatic rings. The molecule has 0 saturated carbocycles. The van der Waals surface area contributed by atoms with Gasteiger partial charge in [0.1, 0.15) is 0 Å². The Morgan fingerprint density at radius 3 is 2.61 bits per heavy atom. The van der Waals surface area contributed by atoms with Gasteiger partial charge >= 0.3 is 14.5 Å². The van der Waals surface area contributed by atoms with Crippen LogP contribution in [0.25, 0.3) is 0 Å². The Morgan fingerprint density at radius 1 is 1.39 bits per heavy atom. The fraction of sp³-hybridized carbons (Fsp3) is 0.769. The first-order valence-corrected chi connectivity index (χ1v) is 9.34. The number of hydrogen-bond donors (Lipinski definition) is 0. The maximum atomic E-state index is 11.0. The van der Waals surface area contributed by atoms with Gasteiger partial charge in [0.25, 0.3) is 0 Å². The Morgan fingerprint density at radius 2 is 2.06 bits per heavy atom. The number of allylic oxidation sites excluding steroid dienone is 1. The Hall–Kier alpha value is -0.653. The average molecular weight is 274 g/mol. The van der Waals surface area contributed by atoms with Gasteiger partial charge in [-0.3, -0.25) is 0 Å². The quantitative estimate of drug-likeness (QED) is 0.280. The van der Waals surface area contributed by atoms with Crippen LogP contribution in [0.5, 0.6) is 0 Å². The molecule has 106 valence electrons. The molecule has 18 heavy (non-hydrogen) atoms. The lowest BCUT2D eigenvalue weighted by Crippen LogP contribution is -2.38. The van der Waals surface area contributed by atoms with E-state index in [1.165, 1.54) is 6.08 Å². The molecule has 0 aromatic carbocycles. The van der Waals surface area contributed by atoms with E-state index in [4.69, 9.17) is 13.6 Å². The van der Waals surface area contributed by atoms with E-state index in [9.17, 15) is 4.79 Å². The third-order valence-electron chi connectivity index (χ3n) is 2.28. The lowest BCUT2D eigenvalue weighted by molar-refractivity contribution is -0.138. The number of hydrogen-bond acceptors (Lipinski definition) is 4. The van der Waals surface area contributed by atoms with Crippen molar-refractivity contribution in [2.45, 2.75) is 52.8 Å². The summed E-state index contributed by atoms with van der Waals surface area (Å²) in [5, 5.41) is 0. The van der Waals surface area contributed by atoms with Crippen LogP contribution in [0, 0.1) is 0 Å². The van der Waals surface area contributed by atoms with E-state index in [2.05, 4.69) is 0 Å². The summed E-state index contributed by atoms with van der Waals surface area (Å²) < 4.78 is 16.5. The van der Waals surface area contributed by atoms with Gasteiger partial charge in [-0.25, -0.2) is 4.79 Å². The van der Waals surface area contributed by atoms with Gasteiger partial charge in [-0.2, -0.15) is 0 Å². The van der Waals surface area contributed by atoms with Crippen molar-refractivity contribution in [1.82, 2.24) is 0 Å². The van der Waals surface area contributed by atoms with Gasteiger partial charge in [-0.05, 0) is 46.7 Å². The summed E-state index contributed by atoms with van der Waals surface area (Å²) >= 11 is 0. The van der Waals surface area contributed by atoms with Crippen LogP contribution in [-0.2, 0) is 18.4 Å². The zero-order valence-electron chi connectivity index (χ0n) is 12.2. The highest BCUT2D eigenvalue weighted by molar-refractivity contribution is 6.64. The fourth-order valence-electron chi connectivity index (χ4n) is 1.65. The summed E-state index contributed by atoms with van der Waals surface area (Å²) in [4.78, 5) is 11.0. The molecule has 0 N–H and O–H groups in total. The van der Waals surface area contributed by atoms with Crippen molar-refractivity contribution in [3.8, 4) is 0 Å². The number of rotatable bonds is 9. The van der Waals surface area contributed by atoms with Gasteiger partial charge in [0.05, 0.1) is 6.61 Å². The molecule has 0 amide bonds. The number of carbonyl (C=O) groups excluding carboxylic acids is 1. The lowest BCUT2D eigenvalue weighted by Gasteiger charge is -2.26. The average Bonchev–Trinajstić information content (AvgIpc) is 2.24. The Bertz CT molecular complexity index is 264. The zero-order valence-corrected chi connectivity index (χ0v) is 13.2. The summed E-state index contributed by atoms with van der Waals surface area (Å²) in [6, 6.07) is 0. The minimum Gasteiger partial charge on any atom is -0.463 e. The molecule has 5 heteroatoms. The smallest absolute Gasteiger partial charge is 0.331 e. The molecule has 0 aliphatic carbocycles. The molecule has 0 radical (unpaired) electrons. The minimum atomic E-state index is -1.98. The fourth-order valence-corrected chi connectivity index (χ4v) is 3.50. The number of ether oxygens (including phenoxy) is 1. The lowest BCUT2D eigenvalue weighted by atomic mass is 10.2. The molecule has 0 fully saturated rings. The van der Waals surface area contributed by atoms with Crippen molar-refractivity contribution in [2.24, 2.45) is 0 Å². The van der Waals surface area contributed by atoms with E-state index in [1.807, 2.05) is 26.9 Å². The molecule has 0 spiro atoms. The predicted molar refractivity (Wildman–Crippen MR) is 74.7 cm³/mol. The highest BCUT2D eigenvalue weighted by Crippen LogP contribution is 2.13. The molecule has 1 unspecified atom stereocenters. The van der Waals surface area contributed by atoms with E-state index >= 15 is 0 Å². The van der Waals surface area contributed by atoms with Crippen LogP contribution in [0.2, 0.25) is 13.1 Å². The molecular formula is C13H26O4Si. The second kappa shape index (κ2) is 9.30. The van der Waals surface area contributed by atoms with Gasteiger partial charge in [0.2, 0.25) is 0 Å². The molecule has 0 bridgehead atoms. The zero-order chi connectivity index (χ0) is 14.0. The second-order valence-electron chi connectivity index (χ2n) is 4.57. The summed E-state index contributed by atoms with van der Waals surface area (Å²) in [6.07, 6.45) is 4.90. The van der Waals surface area contributed by atoms with Crippen molar-refractivity contribution in [3.05, 3.63) is 12.2 Å². The van der Waals surface area contributed by atoms with Crippen molar-refractivity contribution in [2.75, 3.05) is 13.2 Å². The Labute approximate surface area is 112 Å². The van der Waals surface area contributed by atoms with Gasteiger partial charge in [0.15, 0.2) is 0 Å². The molecule has 0 aliphatic heterocycles. The summed E-state index contributed by atoms with van der Waals surface area (Å²) in [6.45, 7) is 11.0. The largest absolute Gasteiger partial charge is 0.463 e. The molecular weight excluding hydrogens is 248 g/mol. The first-order valence-electron chi connectivity index (χ1n) is 6.52. The Kier molecular flexibility index (Phi) is 8.96. The van der Waals surface area contributed by atoms with E-state index in [0.717, 1.165) is 12.8 Å². The van der Waals surface area contributed by atoms with Gasteiger partial charge in [-0.1, -0.05) is 6.08 Å². The topological polar surface area (TPSA) is 44.8 Å². The number of carbonyl (C=O) groups is 1. The normalized spacial score (nSPS) is 13.8. The maximum Gasteiger partial charge on any atom is 0.331 e. The number of esters is 1. The van der Waals surface area contributed by atoms with Crippen molar-refractivity contribution >= 4 is 14.5 Å². The SMILES string of the molecule is CC=CC(=O)OCCCC(C)O[Si](C)(C)OCC. The van der Waals surface area contributed by atoms with Crippen molar-refractivity contribution in [1.29, 1.82) is 0 Å².